The van der Waals surface area contributed by atoms with Crippen LogP contribution in [0.1, 0.15) is 31.9 Å². The highest BCUT2D eigenvalue weighted by molar-refractivity contribution is 5.59. The molecule has 0 saturated carbocycles. The standard InChI is InChI=1S/C19H17F3N2O/c1-18(2,3)14-9-7-12(8-10-14)16-23-24-17(25-16)13-5-4-6-15(11-13)19(20,21)22/h4-11H,1-3H3. The lowest BCUT2D eigenvalue weighted by Crippen LogP contribution is -2.10. The van der Waals surface area contributed by atoms with Crippen molar-refractivity contribution in [3.05, 3.63) is 59.7 Å². The molecule has 1 heterocycles. The van der Waals surface area contributed by atoms with Gasteiger partial charge in [-0.25, -0.2) is 0 Å². The van der Waals surface area contributed by atoms with Crippen LogP contribution in [0.4, 0.5) is 13.2 Å². The monoisotopic (exact) mass is 346 g/mol. The molecule has 0 amide bonds. The zero-order valence-electron chi connectivity index (χ0n) is 14.1. The molecule has 0 atom stereocenters. The van der Waals surface area contributed by atoms with Crippen molar-refractivity contribution in [1.29, 1.82) is 0 Å². The van der Waals surface area contributed by atoms with Crippen molar-refractivity contribution in [2.24, 2.45) is 0 Å². The van der Waals surface area contributed by atoms with Crippen molar-refractivity contribution in [3.63, 3.8) is 0 Å². The lowest BCUT2D eigenvalue weighted by molar-refractivity contribution is -0.137. The molecule has 0 unspecified atom stereocenters. The van der Waals surface area contributed by atoms with Crippen LogP contribution < -0.4 is 0 Å². The molecular formula is C19H17F3N2O. The molecule has 1 aromatic heterocycles. The Kier molecular flexibility index (Phi) is 4.14. The zero-order valence-corrected chi connectivity index (χ0v) is 14.1. The smallest absolute Gasteiger partial charge is 0.416 e. The average molecular weight is 346 g/mol. The van der Waals surface area contributed by atoms with Crippen LogP contribution in [0.5, 0.6) is 0 Å². The van der Waals surface area contributed by atoms with Gasteiger partial charge >= 0.3 is 6.18 Å². The van der Waals surface area contributed by atoms with Gasteiger partial charge in [0.1, 0.15) is 0 Å². The van der Waals surface area contributed by atoms with Crippen LogP contribution in [0.3, 0.4) is 0 Å². The van der Waals surface area contributed by atoms with E-state index in [0.717, 1.165) is 23.3 Å². The second-order valence-electron chi connectivity index (χ2n) is 6.82. The largest absolute Gasteiger partial charge is 0.416 e. The second-order valence-corrected chi connectivity index (χ2v) is 6.82. The molecule has 0 spiro atoms. The highest BCUT2D eigenvalue weighted by Crippen LogP contribution is 2.33. The van der Waals surface area contributed by atoms with Gasteiger partial charge in [-0.15, -0.1) is 10.2 Å². The zero-order chi connectivity index (χ0) is 18.2. The van der Waals surface area contributed by atoms with E-state index in [1.165, 1.54) is 12.1 Å². The summed E-state index contributed by atoms with van der Waals surface area (Å²) >= 11 is 0. The summed E-state index contributed by atoms with van der Waals surface area (Å²) in [4.78, 5) is 0. The van der Waals surface area contributed by atoms with Gasteiger partial charge in [0.05, 0.1) is 5.56 Å². The van der Waals surface area contributed by atoms with E-state index in [-0.39, 0.29) is 22.8 Å². The maximum atomic E-state index is 12.8. The van der Waals surface area contributed by atoms with Gasteiger partial charge in [-0.3, -0.25) is 0 Å². The fraction of sp³-hybridized carbons (Fsp3) is 0.263. The van der Waals surface area contributed by atoms with E-state index >= 15 is 0 Å². The van der Waals surface area contributed by atoms with E-state index in [9.17, 15) is 13.2 Å². The van der Waals surface area contributed by atoms with Crippen LogP contribution >= 0.6 is 0 Å². The first-order valence-corrected chi connectivity index (χ1v) is 7.77. The molecule has 0 saturated heterocycles. The molecule has 2 aromatic carbocycles. The van der Waals surface area contributed by atoms with E-state index in [1.807, 2.05) is 24.3 Å². The number of alkyl halides is 3. The predicted molar refractivity (Wildman–Crippen MR) is 88.9 cm³/mol. The fourth-order valence-corrected chi connectivity index (χ4v) is 2.40. The highest BCUT2D eigenvalue weighted by Gasteiger charge is 2.30. The van der Waals surface area contributed by atoms with Gasteiger partial charge in [0.25, 0.3) is 0 Å². The molecule has 3 nitrogen and oxygen atoms in total. The number of hydrogen-bond donors (Lipinski definition) is 0. The van der Waals surface area contributed by atoms with Gasteiger partial charge in [-0.1, -0.05) is 39.0 Å². The number of hydrogen-bond acceptors (Lipinski definition) is 3. The SMILES string of the molecule is CC(C)(C)c1ccc(-c2nnc(-c3cccc(C(F)(F)F)c3)o2)cc1. The summed E-state index contributed by atoms with van der Waals surface area (Å²) in [5, 5.41) is 7.82. The summed E-state index contributed by atoms with van der Waals surface area (Å²) in [5.41, 5.74) is 1.39. The van der Waals surface area contributed by atoms with Crippen molar-refractivity contribution < 1.29 is 17.6 Å². The number of nitrogens with zero attached hydrogens (tertiary/aromatic N) is 2. The minimum absolute atomic E-state index is 0.0244. The van der Waals surface area contributed by atoms with E-state index in [4.69, 9.17) is 4.42 Å². The number of halogens is 3. The van der Waals surface area contributed by atoms with E-state index < -0.39 is 11.7 Å². The summed E-state index contributed by atoms with van der Waals surface area (Å²) in [5.74, 6) is 0.328. The van der Waals surface area contributed by atoms with E-state index in [2.05, 4.69) is 31.0 Å². The molecule has 6 heteroatoms. The first-order valence-electron chi connectivity index (χ1n) is 7.77. The topological polar surface area (TPSA) is 38.9 Å². The van der Waals surface area contributed by atoms with Crippen LogP contribution in [0.15, 0.2) is 52.9 Å². The number of benzene rings is 2. The first-order chi connectivity index (χ1) is 11.6. The maximum Gasteiger partial charge on any atom is 0.416 e. The highest BCUT2D eigenvalue weighted by atomic mass is 19.4. The summed E-state index contributed by atoms with van der Waals surface area (Å²) in [6.07, 6.45) is -4.42. The van der Waals surface area contributed by atoms with Gasteiger partial charge in [-0.2, -0.15) is 13.2 Å². The summed E-state index contributed by atoms with van der Waals surface area (Å²) in [7, 11) is 0. The van der Waals surface area contributed by atoms with Crippen LogP contribution in [0.25, 0.3) is 22.9 Å². The van der Waals surface area contributed by atoms with Crippen molar-refractivity contribution in [1.82, 2.24) is 10.2 Å². The Balaban J connectivity index is 1.91. The first kappa shape index (κ1) is 17.2. The van der Waals surface area contributed by atoms with Crippen molar-refractivity contribution in [2.45, 2.75) is 32.4 Å². The quantitative estimate of drug-likeness (QED) is 0.596. The summed E-state index contributed by atoms with van der Waals surface area (Å²) in [6.45, 7) is 6.33. The van der Waals surface area contributed by atoms with Crippen molar-refractivity contribution in [2.75, 3.05) is 0 Å². The average Bonchev–Trinajstić information content (AvgIpc) is 3.03. The molecule has 0 fully saturated rings. The van der Waals surface area contributed by atoms with Crippen LogP contribution in [0, 0.1) is 0 Å². The normalized spacial score (nSPS) is 12.4. The minimum atomic E-state index is -4.42. The Hall–Kier alpha value is -2.63. The van der Waals surface area contributed by atoms with Gasteiger partial charge in [0, 0.05) is 11.1 Å². The Morgan fingerprint density at radius 3 is 1.92 bits per heavy atom. The van der Waals surface area contributed by atoms with Crippen molar-refractivity contribution in [3.8, 4) is 22.9 Å². The Morgan fingerprint density at radius 1 is 0.760 bits per heavy atom. The van der Waals surface area contributed by atoms with Crippen LogP contribution in [-0.4, -0.2) is 10.2 Å². The van der Waals surface area contributed by atoms with Gasteiger partial charge in [0.2, 0.25) is 11.8 Å². The third-order valence-corrected chi connectivity index (χ3v) is 3.86. The van der Waals surface area contributed by atoms with Crippen LogP contribution in [-0.2, 0) is 11.6 Å². The van der Waals surface area contributed by atoms with Crippen molar-refractivity contribution >= 4 is 0 Å². The van der Waals surface area contributed by atoms with Gasteiger partial charge in [0.15, 0.2) is 0 Å². The Labute approximate surface area is 143 Å². The summed E-state index contributed by atoms with van der Waals surface area (Å²) in [6, 6.07) is 12.5. The molecule has 3 rings (SSSR count). The second kappa shape index (κ2) is 6.02. The lowest BCUT2D eigenvalue weighted by Gasteiger charge is -2.18. The molecule has 130 valence electrons. The molecule has 0 aliphatic carbocycles. The molecule has 25 heavy (non-hydrogen) atoms. The molecular weight excluding hydrogens is 329 g/mol. The number of aromatic nitrogens is 2. The molecule has 0 aliphatic rings. The lowest BCUT2D eigenvalue weighted by atomic mass is 9.87. The molecule has 0 aliphatic heterocycles. The molecule has 3 aromatic rings. The fourth-order valence-electron chi connectivity index (χ4n) is 2.40. The Morgan fingerprint density at radius 2 is 1.36 bits per heavy atom. The Bertz CT molecular complexity index is 875. The third-order valence-electron chi connectivity index (χ3n) is 3.86. The van der Waals surface area contributed by atoms with Gasteiger partial charge < -0.3 is 4.42 Å². The van der Waals surface area contributed by atoms with Crippen LogP contribution in [0.2, 0.25) is 0 Å². The molecule has 0 bridgehead atoms. The van der Waals surface area contributed by atoms with E-state index in [1.54, 1.807) is 0 Å². The van der Waals surface area contributed by atoms with Gasteiger partial charge in [-0.05, 0) is 41.3 Å². The third kappa shape index (κ3) is 3.73. The predicted octanol–water partition coefficient (Wildman–Crippen LogP) is 5.72. The minimum Gasteiger partial charge on any atom is -0.416 e. The van der Waals surface area contributed by atoms with E-state index in [0.29, 0.717) is 0 Å². The molecule has 0 radical (unpaired) electrons. The molecule has 0 N–H and O–H groups in total. The summed E-state index contributed by atoms with van der Waals surface area (Å²) < 4.78 is 44.0. The maximum absolute atomic E-state index is 12.8. The number of rotatable bonds is 2.